The third-order valence-corrected chi connectivity index (χ3v) is 8.48. The van der Waals surface area contributed by atoms with Crippen molar-refractivity contribution in [2.75, 3.05) is 19.6 Å². The van der Waals surface area contributed by atoms with Gasteiger partial charge < -0.3 is 10.0 Å². The lowest BCUT2D eigenvalue weighted by atomic mass is 9.84. The van der Waals surface area contributed by atoms with Crippen LogP contribution < -0.4 is 0 Å². The van der Waals surface area contributed by atoms with Gasteiger partial charge >= 0.3 is 0 Å². The minimum atomic E-state index is 0.399. The van der Waals surface area contributed by atoms with Crippen molar-refractivity contribution in [3.8, 4) is 5.75 Å². The molecule has 37 heavy (non-hydrogen) atoms. The van der Waals surface area contributed by atoms with Crippen LogP contribution in [0.4, 0.5) is 0 Å². The highest BCUT2D eigenvalue weighted by atomic mass is 16.3. The third-order valence-electron chi connectivity index (χ3n) is 8.48. The normalized spacial score (nSPS) is 14.2. The van der Waals surface area contributed by atoms with E-state index in [-0.39, 0.29) is 0 Å². The van der Waals surface area contributed by atoms with Crippen molar-refractivity contribution in [2.45, 2.75) is 163 Å². The van der Waals surface area contributed by atoms with Crippen LogP contribution in [0.3, 0.4) is 0 Å². The minimum absolute atomic E-state index is 0.399. The van der Waals surface area contributed by atoms with Crippen molar-refractivity contribution in [3.05, 3.63) is 29.3 Å². The Bertz CT molecular complexity index is 645. The fourth-order valence-corrected chi connectivity index (χ4v) is 6.00. The van der Waals surface area contributed by atoms with E-state index in [9.17, 15) is 5.11 Å². The summed E-state index contributed by atoms with van der Waals surface area (Å²) >= 11 is 0. The van der Waals surface area contributed by atoms with Gasteiger partial charge in [-0.1, -0.05) is 137 Å². The quantitative estimate of drug-likeness (QED) is 0.138. The first-order valence-electron chi connectivity index (χ1n) is 16.5. The zero-order valence-electron chi connectivity index (χ0n) is 26.0. The van der Waals surface area contributed by atoms with Crippen LogP contribution in [-0.4, -0.2) is 29.6 Å². The van der Waals surface area contributed by atoms with E-state index in [0.717, 1.165) is 0 Å². The van der Waals surface area contributed by atoms with Crippen molar-refractivity contribution in [2.24, 2.45) is 5.92 Å². The van der Waals surface area contributed by atoms with Gasteiger partial charge in [0.15, 0.2) is 0 Å². The van der Waals surface area contributed by atoms with E-state index < -0.39 is 0 Å². The molecule has 0 radical (unpaired) electrons. The van der Waals surface area contributed by atoms with E-state index in [1.54, 1.807) is 0 Å². The van der Waals surface area contributed by atoms with Crippen molar-refractivity contribution < 1.29 is 5.11 Å². The second-order valence-electron chi connectivity index (χ2n) is 12.1. The van der Waals surface area contributed by atoms with Gasteiger partial charge in [-0.25, -0.2) is 0 Å². The maximum absolute atomic E-state index is 11.3. The highest BCUT2D eigenvalue weighted by Crippen LogP contribution is 2.38. The van der Waals surface area contributed by atoms with Crippen LogP contribution in [0.1, 0.15) is 174 Å². The molecule has 216 valence electrons. The van der Waals surface area contributed by atoms with Gasteiger partial charge in [-0.2, -0.15) is 0 Å². The number of hydrogen-bond acceptors (Lipinski definition) is 2. The molecule has 0 aliphatic heterocycles. The molecule has 3 atom stereocenters. The lowest BCUT2D eigenvalue weighted by molar-refractivity contribution is 0.203. The Morgan fingerprint density at radius 1 is 0.622 bits per heavy atom. The van der Waals surface area contributed by atoms with Gasteiger partial charge in [-0.3, -0.25) is 0 Å². The van der Waals surface area contributed by atoms with Gasteiger partial charge in [0.1, 0.15) is 5.75 Å². The van der Waals surface area contributed by atoms with Crippen LogP contribution in [0.5, 0.6) is 5.75 Å². The highest BCUT2D eigenvalue weighted by molar-refractivity contribution is 5.44. The molecule has 0 saturated carbocycles. The van der Waals surface area contributed by atoms with Gasteiger partial charge in [0.05, 0.1) is 0 Å². The number of aromatic hydroxyl groups is 1. The van der Waals surface area contributed by atoms with Crippen molar-refractivity contribution in [1.82, 2.24) is 4.90 Å². The molecule has 1 rings (SSSR count). The second-order valence-corrected chi connectivity index (χ2v) is 12.1. The summed E-state index contributed by atoms with van der Waals surface area (Å²) in [5.74, 6) is 2.13. The van der Waals surface area contributed by atoms with Crippen LogP contribution in [0.25, 0.3) is 0 Å². The van der Waals surface area contributed by atoms with Crippen LogP contribution in [0.15, 0.2) is 18.2 Å². The molecule has 2 heteroatoms. The first-order chi connectivity index (χ1) is 18.0. The fourth-order valence-electron chi connectivity index (χ4n) is 6.00. The second kappa shape index (κ2) is 21.9. The summed E-state index contributed by atoms with van der Waals surface area (Å²) in [6.07, 6.45) is 22.2. The lowest BCUT2D eigenvalue weighted by Gasteiger charge is -2.30. The Labute approximate surface area is 233 Å². The molecular weight excluding hydrogens is 450 g/mol. The summed E-state index contributed by atoms with van der Waals surface area (Å²) in [7, 11) is 0. The van der Waals surface area contributed by atoms with E-state index in [2.05, 4.69) is 64.6 Å². The van der Waals surface area contributed by atoms with Gasteiger partial charge in [-0.15, -0.1) is 0 Å². The molecule has 0 amide bonds. The van der Waals surface area contributed by atoms with E-state index >= 15 is 0 Å². The maximum Gasteiger partial charge on any atom is 0.122 e. The van der Waals surface area contributed by atoms with Crippen molar-refractivity contribution in [3.63, 3.8) is 0 Å². The van der Waals surface area contributed by atoms with Crippen LogP contribution in [0, 0.1) is 5.92 Å². The SMILES string of the molecule is CCCCCCC(C)c1cccc(C(C)CC(CCCC)CN(CCCCCC)CCCCCC)c1O. The molecule has 0 fully saturated rings. The number of hydrogen-bond donors (Lipinski definition) is 1. The number of nitrogens with zero attached hydrogens (tertiary/aromatic N) is 1. The van der Waals surface area contributed by atoms with Gasteiger partial charge in [0.2, 0.25) is 0 Å². The van der Waals surface area contributed by atoms with E-state index in [1.165, 1.54) is 140 Å². The molecular formula is C35H65NO. The summed E-state index contributed by atoms with van der Waals surface area (Å²) in [5.41, 5.74) is 2.34. The smallest absolute Gasteiger partial charge is 0.122 e. The average Bonchev–Trinajstić information content (AvgIpc) is 2.89. The molecule has 1 aromatic carbocycles. The van der Waals surface area contributed by atoms with E-state index in [0.29, 0.717) is 23.5 Å². The summed E-state index contributed by atoms with van der Waals surface area (Å²) in [6, 6.07) is 6.55. The van der Waals surface area contributed by atoms with Crippen LogP contribution in [0.2, 0.25) is 0 Å². The number of rotatable bonds is 24. The lowest BCUT2D eigenvalue weighted by Crippen LogP contribution is -2.32. The molecule has 0 aliphatic carbocycles. The summed E-state index contributed by atoms with van der Waals surface area (Å²) in [4.78, 5) is 2.80. The first-order valence-corrected chi connectivity index (χ1v) is 16.5. The molecule has 3 unspecified atom stereocenters. The van der Waals surface area contributed by atoms with Crippen LogP contribution >= 0.6 is 0 Å². The monoisotopic (exact) mass is 516 g/mol. The van der Waals surface area contributed by atoms with Crippen LogP contribution in [-0.2, 0) is 0 Å². The highest BCUT2D eigenvalue weighted by Gasteiger charge is 2.22. The van der Waals surface area contributed by atoms with Crippen molar-refractivity contribution >= 4 is 0 Å². The number of phenolic OH excluding ortho intramolecular Hbond substituents is 1. The molecule has 0 aromatic heterocycles. The molecule has 2 nitrogen and oxygen atoms in total. The molecule has 0 saturated heterocycles. The third kappa shape index (κ3) is 14.6. The Morgan fingerprint density at radius 2 is 1.14 bits per heavy atom. The molecule has 1 N–H and O–H groups in total. The summed E-state index contributed by atoms with van der Waals surface area (Å²) < 4.78 is 0. The number of unbranched alkanes of at least 4 members (excludes halogenated alkanes) is 10. The molecule has 0 spiro atoms. The standard InChI is InChI=1S/C35H65NO/c1-7-11-15-18-22-30(5)33-24-21-25-34(35(33)37)31(6)28-32(23-14-10-4)29-36(26-19-16-12-8-2)27-20-17-13-9-3/h21,24-25,30-32,37H,7-20,22-23,26-29H2,1-6H3. The largest absolute Gasteiger partial charge is 0.507 e. The first kappa shape index (κ1) is 34.0. The zero-order chi connectivity index (χ0) is 27.3. The fraction of sp³-hybridized carbons (Fsp3) is 0.829. The summed E-state index contributed by atoms with van der Waals surface area (Å²) in [6.45, 7) is 17.6. The molecule has 0 bridgehead atoms. The predicted octanol–water partition coefficient (Wildman–Crippen LogP) is 11.2. The zero-order valence-corrected chi connectivity index (χ0v) is 26.0. The Balaban J connectivity index is 2.87. The molecule has 0 heterocycles. The Kier molecular flexibility index (Phi) is 20.1. The number of para-hydroxylation sites is 1. The number of benzene rings is 1. The van der Waals surface area contributed by atoms with Crippen molar-refractivity contribution in [1.29, 1.82) is 0 Å². The van der Waals surface area contributed by atoms with Gasteiger partial charge in [-0.05, 0) is 74.1 Å². The van der Waals surface area contributed by atoms with E-state index in [1.807, 2.05) is 0 Å². The van der Waals surface area contributed by atoms with Gasteiger partial charge in [0, 0.05) is 6.54 Å². The number of phenols is 1. The van der Waals surface area contributed by atoms with E-state index in [4.69, 9.17) is 0 Å². The Morgan fingerprint density at radius 3 is 1.68 bits per heavy atom. The molecule has 0 aliphatic rings. The predicted molar refractivity (Wildman–Crippen MR) is 166 cm³/mol. The Hall–Kier alpha value is -1.02. The average molecular weight is 516 g/mol. The summed E-state index contributed by atoms with van der Waals surface area (Å²) in [5, 5.41) is 11.3. The van der Waals surface area contributed by atoms with Gasteiger partial charge in [0.25, 0.3) is 0 Å². The minimum Gasteiger partial charge on any atom is -0.507 e. The maximum atomic E-state index is 11.3. The topological polar surface area (TPSA) is 23.5 Å². The molecule has 1 aromatic rings.